The third-order valence-electron chi connectivity index (χ3n) is 5.01. The lowest BCUT2D eigenvalue weighted by Gasteiger charge is -2.16. The average Bonchev–Trinajstić information content (AvgIpc) is 3.41. The topological polar surface area (TPSA) is 97.2 Å². The van der Waals surface area contributed by atoms with Gasteiger partial charge in [0.25, 0.3) is 0 Å². The Morgan fingerprint density at radius 3 is 2.45 bits per heavy atom. The second kappa shape index (κ2) is 9.13. The van der Waals surface area contributed by atoms with Gasteiger partial charge in [0.2, 0.25) is 15.9 Å². The molecule has 1 aliphatic rings. The molecule has 1 fully saturated rings. The van der Waals surface area contributed by atoms with Gasteiger partial charge in [-0.1, -0.05) is 36.4 Å². The Bertz CT molecular complexity index is 1150. The second-order valence-electron chi connectivity index (χ2n) is 7.29. The van der Waals surface area contributed by atoms with E-state index in [1.165, 1.54) is 16.7 Å². The van der Waals surface area contributed by atoms with Gasteiger partial charge in [0.1, 0.15) is 12.7 Å². The lowest BCUT2D eigenvalue weighted by Crippen LogP contribution is -2.24. The molecule has 1 amide bonds. The van der Waals surface area contributed by atoms with Crippen LogP contribution >= 0.6 is 0 Å². The maximum Gasteiger partial charge on any atom is 0.244 e. The first kappa shape index (κ1) is 20.8. The van der Waals surface area contributed by atoms with Gasteiger partial charge in [0, 0.05) is 19.2 Å². The number of nitrogens with zero attached hydrogens (tertiary/aromatic N) is 4. The number of amides is 1. The molecule has 2 aromatic carbocycles. The smallest absolute Gasteiger partial charge is 0.244 e. The van der Waals surface area contributed by atoms with E-state index in [1.807, 2.05) is 24.3 Å². The van der Waals surface area contributed by atoms with E-state index in [1.54, 1.807) is 41.4 Å². The van der Waals surface area contributed by atoms with Crippen LogP contribution in [0.4, 0.5) is 5.69 Å². The summed E-state index contributed by atoms with van der Waals surface area (Å²) < 4.78 is 27.2. The van der Waals surface area contributed by atoms with Gasteiger partial charge < -0.3 is 5.32 Å². The van der Waals surface area contributed by atoms with E-state index < -0.39 is 10.0 Å². The van der Waals surface area contributed by atoms with Crippen molar-refractivity contribution in [3.05, 3.63) is 84.0 Å². The first-order valence-corrected chi connectivity index (χ1v) is 11.6. The summed E-state index contributed by atoms with van der Waals surface area (Å²) in [5.74, 6) is -0.00258. The molecule has 4 rings (SSSR count). The minimum Gasteiger partial charge on any atom is -0.348 e. The number of sulfonamides is 1. The van der Waals surface area contributed by atoms with Gasteiger partial charge in [-0.15, -0.1) is 0 Å². The SMILES string of the molecule is O=C(/C=C/c1ccc(N2CCCS2(=O)=O)cc1)NCc1ccc(Cn2cncn2)cc1. The molecule has 31 heavy (non-hydrogen) atoms. The van der Waals surface area contributed by atoms with Gasteiger partial charge in [-0.2, -0.15) is 5.10 Å². The maximum atomic E-state index is 12.1. The number of rotatable bonds is 7. The van der Waals surface area contributed by atoms with E-state index in [-0.39, 0.29) is 11.7 Å². The molecule has 1 aromatic heterocycles. The Morgan fingerprint density at radius 2 is 1.81 bits per heavy atom. The van der Waals surface area contributed by atoms with Crippen LogP contribution in [0.1, 0.15) is 23.1 Å². The predicted octanol–water partition coefficient (Wildman–Crippen LogP) is 2.20. The van der Waals surface area contributed by atoms with Gasteiger partial charge in [-0.25, -0.2) is 18.1 Å². The molecule has 3 aromatic rings. The summed E-state index contributed by atoms with van der Waals surface area (Å²) in [5.41, 5.74) is 3.59. The monoisotopic (exact) mass is 437 g/mol. The highest BCUT2D eigenvalue weighted by Gasteiger charge is 2.28. The summed E-state index contributed by atoms with van der Waals surface area (Å²) in [5, 5.41) is 6.94. The fourth-order valence-electron chi connectivity index (χ4n) is 3.37. The van der Waals surface area contributed by atoms with Crippen LogP contribution in [0.25, 0.3) is 6.08 Å². The third-order valence-corrected chi connectivity index (χ3v) is 6.88. The lowest BCUT2D eigenvalue weighted by molar-refractivity contribution is -0.116. The van der Waals surface area contributed by atoms with Crippen molar-refractivity contribution in [3.8, 4) is 0 Å². The van der Waals surface area contributed by atoms with Crippen LogP contribution in [0, 0.1) is 0 Å². The van der Waals surface area contributed by atoms with Crippen molar-refractivity contribution in [3.63, 3.8) is 0 Å². The quantitative estimate of drug-likeness (QED) is 0.572. The minimum atomic E-state index is -3.18. The number of carbonyl (C=O) groups is 1. The van der Waals surface area contributed by atoms with Crippen LogP contribution in [0.2, 0.25) is 0 Å². The average molecular weight is 438 g/mol. The fraction of sp³-hybridized carbons (Fsp3) is 0.227. The third kappa shape index (κ3) is 5.37. The largest absolute Gasteiger partial charge is 0.348 e. The van der Waals surface area contributed by atoms with Gasteiger partial charge >= 0.3 is 0 Å². The number of aromatic nitrogens is 3. The molecule has 2 heterocycles. The van der Waals surface area contributed by atoms with E-state index >= 15 is 0 Å². The van der Waals surface area contributed by atoms with Gasteiger partial charge in [0.05, 0.1) is 18.0 Å². The molecule has 9 heteroatoms. The summed E-state index contributed by atoms with van der Waals surface area (Å²) in [6.07, 6.45) is 7.00. The molecule has 0 bridgehead atoms. The number of hydrogen-bond donors (Lipinski definition) is 1. The Morgan fingerprint density at radius 1 is 1.06 bits per heavy atom. The van der Waals surface area contributed by atoms with E-state index in [2.05, 4.69) is 15.4 Å². The second-order valence-corrected chi connectivity index (χ2v) is 9.31. The van der Waals surface area contributed by atoms with Crippen LogP contribution in [0.3, 0.4) is 0 Å². The zero-order chi connectivity index (χ0) is 21.7. The normalized spacial score (nSPS) is 15.4. The van der Waals surface area contributed by atoms with Crippen molar-refractivity contribution in [2.24, 2.45) is 0 Å². The summed E-state index contributed by atoms with van der Waals surface area (Å²) >= 11 is 0. The number of hydrogen-bond acceptors (Lipinski definition) is 5. The van der Waals surface area contributed by atoms with Crippen LogP contribution in [-0.4, -0.2) is 41.4 Å². The van der Waals surface area contributed by atoms with E-state index in [4.69, 9.17) is 0 Å². The molecule has 1 aliphatic heterocycles. The summed E-state index contributed by atoms with van der Waals surface area (Å²) in [7, 11) is -3.18. The lowest BCUT2D eigenvalue weighted by atomic mass is 10.1. The first-order chi connectivity index (χ1) is 15.0. The van der Waals surface area contributed by atoms with Crippen molar-refractivity contribution < 1.29 is 13.2 Å². The molecule has 1 saturated heterocycles. The summed E-state index contributed by atoms with van der Waals surface area (Å²) in [6, 6.07) is 15.1. The molecule has 0 atom stereocenters. The Hall–Kier alpha value is -3.46. The first-order valence-electron chi connectivity index (χ1n) is 9.96. The Kier molecular flexibility index (Phi) is 6.13. The highest BCUT2D eigenvalue weighted by molar-refractivity contribution is 7.93. The van der Waals surface area contributed by atoms with Crippen LogP contribution in [0.5, 0.6) is 0 Å². The van der Waals surface area contributed by atoms with Crippen LogP contribution in [0.15, 0.2) is 67.3 Å². The van der Waals surface area contributed by atoms with Crippen LogP contribution in [-0.2, 0) is 27.9 Å². The minimum absolute atomic E-state index is 0.194. The Labute approximate surface area is 181 Å². The van der Waals surface area contributed by atoms with Crippen LogP contribution < -0.4 is 9.62 Å². The van der Waals surface area contributed by atoms with Crippen molar-refractivity contribution in [1.29, 1.82) is 0 Å². The highest BCUT2D eigenvalue weighted by Crippen LogP contribution is 2.24. The maximum absolute atomic E-state index is 12.1. The van der Waals surface area contributed by atoms with Crippen molar-refractivity contribution in [2.45, 2.75) is 19.5 Å². The standard InChI is InChI=1S/C22H23N5O3S/c28-22(24-14-19-2-4-20(5-3-19)15-26-17-23-16-25-26)11-8-18-6-9-21(10-7-18)27-12-1-13-31(27,29)30/h2-11,16-17H,1,12-15H2,(H,24,28)/b11-8+. The molecule has 0 unspecified atom stereocenters. The molecule has 160 valence electrons. The Balaban J connectivity index is 1.27. The molecule has 0 aliphatic carbocycles. The number of benzene rings is 2. The van der Waals surface area contributed by atoms with E-state index in [0.717, 1.165) is 16.7 Å². The highest BCUT2D eigenvalue weighted by atomic mass is 32.2. The fourth-order valence-corrected chi connectivity index (χ4v) is 4.93. The molecule has 1 N–H and O–H groups in total. The molecule has 0 spiro atoms. The van der Waals surface area contributed by atoms with Crippen molar-refractivity contribution >= 4 is 27.7 Å². The van der Waals surface area contributed by atoms with Crippen molar-refractivity contribution in [2.75, 3.05) is 16.6 Å². The molecular formula is C22H23N5O3S. The molecule has 0 radical (unpaired) electrons. The number of anilines is 1. The van der Waals surface area contributed by atoms with Crippen molar-refractivity contribution in [1.82, 2.24) is 20.1 Å². The summed E-state index contributed by atoms with van der Waals surface area (Å²) in [6.45, 7) is 1.59. The van der Waals surface area contributed by atoms with Gasteiger partial charge in [0.15, 0.2) is 0 Å². The molecule has 0 saturated carbocycles. The molecule has 8 nitrogen and oxygen atoms in total. The zero-order valence-corrected chi connectivity index (χ0v) is 17.7. The molecular weight excluding hydrogens is 414 g/mol. The summed E-state index contributed by atoms with van der Waals surface area (Å²) in [4.78, 5) is 16.0. The number of carbonyl (C=O) groups excluding carboxylic acids is 1. The van der Waals surface area contributed by atoms with E-state index in [0.29, 0.717) is 31.7 Å². The zero-order valence-electron chi connectivity index (χ0n) is 16.9. The van der Waals surface area contributed by atoms with E-state index in [9.17, 15) is 13.2 Å². The van der Waals surface area contributed by atoms with Gasteiger partial charge in [-0.3, -0.25) is 9.10 Å². The van der Waals surface area contributed by atoms with Gasteiger partial charge in [-0.05, 0) is 41.3 Å². The predicted molar refractivity (Wildman–Crippen MR) is 119 cm³/mol. The number of nitrogens with one attached hydrogen (secondary N) is 1.